The largest absolute Gasteiger partial charge is 0.505 e. The molecule has 0 amide bonds. The summed E-state index contributed by atoms with van der Waals surface area (Å²) in [4.78, 5) is 0. The van der Waals surface area contributed by atoms with Crippen molar-refractivity contribution in [3.63, 3.8) is 0 Å². The molecule has 294 valence electrons. The first-order valence-corrected chi connectivity index (χ1v) is 32.4. The summed E-state index contributed by atoms with van der Waals surface area (Å²) >= 11 is 0. The first-order valence-electron chi connectivity index (χ1n) is 21.3. The van der Waals surface area contributed by atoms with Gasteiger partial charge in [0.05, 0.1) is 35.1 Å². The molecule has 0 radical (unpaired) electrons. The maximum absolute atomic E-state index is 7.86. The van der Waals surface area contributed by atoms with E-state index in [1.54, 1.807) is 0 Å². The fourth-order valence-corrected chi connectivity index (χ4v) is 30.5. The van der Waals surface area contributed by atoms with E-state index in [4.69, 9.17) is 26.6 Å². The average molecular weight is 787 g/mol. The number of benzene rings is 1. The topological polar surface area (TPSA) is 65.3 Å². The molecule has 0 bridgehead atoms. The predicted molar refractivity (Wildman–Crippen MR) is 221 cm³/mol. The van der Waals surface area contributed by atoms with E-state index in [1.165, 1.54) is 63.0 Å². The monoisotopic (exact) mass is 786 g/mol. The molecule has 3 aliphatic carbocycles. The van der Waals surface area contributed by atoms with Crippen LogP contribution in [0.1, 0.15) is 99.3 Å². The van der Waals surface area contributed by atoms with Gasteiger partial charge in [-0.3, -0.25) is 0 Å². The Hall–Kier alpha value is -0.152. The van der Waals surface area contributed by atoms with Gasteiger partial charge >= 0.3 is 8.80 Å². The fourth-order valence-electron chi connectivity index (χ4n) is 11.5. The van der Waals surface area contributed by atoms with Crippen molar-refractivity contribution in [3.8, 4) is 0 Å². The molecule has 3 heterocycles. The first-order chi connectivity index (χ1) is 24.1. The van der Waals surface area contributed by atoms with Gasteiger partial charge in [-0.1, -0.05) is 51.1 Å². The molecule has 1 aromatic carbocycles. The third-order valence-electron chi connectivity index (χ3n) is 14.9. The van der Waals surface area contributed by atoms with E-state index in [-0.39, 0.29) is 16.8 Å². The van der Waals surface area contributed by atoms with Crippen molar-refractivity contribution in [2.45, 2.75) is 192 Å². The van der Waals surface area contributed by atoms with Gasteiger partial charge in [-0.25, -0.2) is 0 Å². The maximum Gasteiger partial charge on any atom is 0.505 e. The van der Waals surface area contributed by atoms with Crippen molar-refractivity contribution in [3.05, 3.63) is 30.3 Å². The van der Waals surface area contributed by atoms with Gasteiger partial charge in [-0.05, 0) is 171 Å². The van der Waals surface area contributed by atoms with Crippen LogP contribution in [0.2, 0.25) is 57.4 Å². The van der Waals surface area contributed by atoms with Gasteiger partial charge in [0.1, 0.15) is 0 Å². The number of hydrogen-bond donors (Lipinski definition) is 0. The number of ether oxygens (including phenoxy) is 3. The minimum atomic E-state index is -3.37. The Balaban J connectivity index is 1.14. The van der Waals surface area contributed by atoms with Crippen LogP contribution in [0, 0.1) is 35.5 Å². The van der Waals surface area contributed by atoms with Crippen molar-refractivity contribution >= 4 is 38.9 Å². The molecule has 7 rings (SSSR count). The average Bonchev–Trinajstić information content (AvgIpc) is 3.97. The third kappa shape index (κ3) is 8.86. The SMILES string of the molecule is CC(C[Si](C)(C)O[Si](O[Si](C)(C)CC(C)C1CCC2(C)OC2C1)(O[Si](C)(C)CC(C)C1CCC2(C)OC2C1)c1ccccc1)C1CCC2(C)OC2C1. The summed E-state index contributed by atoms with van der Waals surface area (Å²) in [6.45, 7) is 29.1. The van der Waals surface area contributed by atoms with Gasteiger partial charge < -0.3 is 26.6 Å². The van der Waals surface area contributed by atoms with E-state index in [0.29, 0.717) is 53.8 Å². The van der Waals surface area contributed by atoms with Gasteiger partial charge in [0, 0.05) is 5.19 Å². The normalized spacial score (nSPS) is 40.0. The Bertz CT molecular complexity index is 1290. The second kappa shape index (κ2) is 14.0. The van der Waals surface area contributed by atoms with Crippen molar-refractivity contribution in [2.24, 2.45) is 35.5 Å². The third-order valence-corrected chi connectivity index (χ3v) is 30.7. The summed E-state index contributed by atoms with van der Waals surface area (Å²) in [5.74, 6) is 3.88. The molecule has 6 aliphatic rings. The lowest BCUT2D eigenvalue weighted by Crippen LogP contribution is -2.68. The van der Waals surface area contributed by atoms with Gasteiger partial charge in [-0.2, -0.15) is 0 Å². The van der Waals surface area contributed by atoms with Crippen molar-refractivity contribution in [1.29, 1.82) is 0 Å². The Labute approximate surface area is 321 Å². The van der Waals surface area contributed by atoms with E-state index in [9.17, 15) is 0 Å². The molecule has 52 heavy (non-hydrogen) atoms. The second-order valence-corrected chi connectivity index (χ2v) is 37.3. The standard InChI is InChI=1S/C42H74O6Si4/c1-30(33-18-21-40(4)37(24-33)43-40)27-49(7,8)46-52(36-16-14-13-15-17-36,47-50(9,10)28-31(2)34-19-22-41(5)38(25-34)44-41)48-51(11,12)29-32(3)35-20-23-42(6)39(26-35)45-42/h13-17,30-35,37-39H,18-29H2,1-12H3. The second-order valence-electron chi connectivity index (χ2n) is 21.4. The summed E-state index contributed by atoms with van der Waals surface area (Å²) in [5.41, 5.74) is 0.468. The quantitative estimate of drug-likeness (QED) is 0.123. The lowest BCUT2D eigenvalue weighted by atomic mass is 9.77. The van der Waals surface area contributed by atoms with Crippen LogP contribution in [0.4, 0.5) is 0 Å². The molecule has 10 heteroatoms. The Morgan fingerprint density at radius 3 is 1.15 bits per heavy atom. The van der Waals surface area contributed by atoms with Crippen LogP contribution in [0.3, 0.4) is 0 Å². The molecule has 0 spiro atoms. The van der Waals surface area contributed by atoms with Gasteiger partial charge in [0.25, 0.3) is 0 Å². The molecule has 1 aromatic rings. The summed E-state index contributed by atoms with van der Waals surface area (Å²) in [7, 11) is -10.2. The highest BCUT2D eigenvalue weighted by molar-refractivity contribution is 6.96. The zero-order valence-corrected chi connectivity index (χ0v) is 39.0. The zero-order valence-electron chi connectivity index (χ0n) is 35.0. The van der Waals surface area contributed by atoms with Crippen molar-refractivity contribution < 1.29 is 26.6 Å². The molecule has 12 unspecified atom stereocenters. The smallest absolute Gasteiger partial charge is 0.413 e. The minimum absolute atomic E-state index is 0.156. The molecule has 3 saturated heterocycles. The van der Waals surface area contributed by atoms with Crippen LogP contribution >= 0.6 is 0 Å². The van der Waals surface area contributed by atoms with Crippen LogP contribution in [0.5, 0.6) is 0 Å². The zero-order chi connectivity index (χ0) is 37.5. The van der Waals surface area contributed by atoms with E-state index in [1.807, 2.05) is 0 Å². The number of epoxide rings is 3. The fraction of sp³-hybridized carbons (Fsp3) is 0.857. The highest BCUT2D eigenvalue weighted by Gasteiger charge is 2.60. The van der Waals surface area contributed by atoms with E-state index in [0.717, 1.165) is 18.1 Å². The van der Waals surface area contributed by atoms with Gasteiger partial charge in [0.2, 0.25) is 0 Å². The minimum Gasteiger partial charge on any atom is -0.413 e. The van der Waals surface area contributed by atoms with E-state index in [2.05, 4.69) is 111 Å². The molecule has 0 N–H and O–H groups in total. The molecular formula is C42H74O6Si4. The first kappa shape index (κ1) is 40.1. The molecule has 3 saturated carbocycles. The molecule has 3 aliphatic heterocycles. The summed E-state index contributed by atoms with van der Waals surface area (Å²) < 4.78 is 42.0. The van der Waals surface area contributed by atoms with Crippen LogP contribution in [0.15, 0.2) is 30.3 Å². The predicted octanol–water partition coefficient (Wildman–Crippen LogP) is 10.3. The molecule has 6 nitrogen and oxygen atoms in total. The van der Waals surface area contributed by atoms with E-state index < -0.39 is 33.8 Å². The van der Waals surface area contributed by atoms with Crippen LogP contribution in [-0.4, -0.2) is 68.9 Å². The Morgan fingerprint density at radius 2 is 0.865 bits per heavy atom. The summed E-state index contributed by atoms with van der Waals surface area (Å²) in [6, 6.07) is 14.4. The van der Waals surface area contributed by atoms with Crippen molar-refractivity contribution in [2.75, 3.05) is 0 Å². The van der Waals surface area contributed by atoms with Crippen LogP contribution in [0.25, 0.3) is 0 Å². The molecule has 12 atom stereocenters. The summed E-state index contributed by atoms with van der Waals surface area (Å²) in [5, 5.41) is 1.17. The highest BCUT2D eigenvalue weighted by Crippen LogP contribution is 2.54. The van der Waals surface area contributed by atoms with Crippen LogP contribution < -0.4 is 5.19 Å². The van der Waals surface area contributed by atoms with Gasteiger partial charge in [-0.15, -0.1) is 0 Å². The molecule has 6 fully saturated rings. The van der Waals surface area contributed by atoms with Gasteiger partial charge in [0.15, 0.2) is 25.0 Å². The number of fused-ring (bicyclic) bond motifs is 3. The Kier molecular flexibility index (Phi) is 10.8. The molecule has 0 aromatic heterocycles. The number of rotatable bonds is 16. The number of hydrogen-bond acceptors (Lipinski definition) is 6. The van der Waals surface area contributed by atoms with Crippen molar-refractivity contribution in [1.82, 2.24) is 0 Å². The Morgan fingerprint density at radius 1 is 0.558 bits per heavy atom. The van der Waals surface area contributed by atoms with E-state index >= 15 is 0 Å². The van der Waals surface area contributed by atoms with Crippen LogP contribution in [-0.2, 0) is 26.6 Å². The maximum atomic E-state index is 7.86. The summed E-state index contributed by atoms with van der Waals surface area (Å²) in [6.07, 6.45) is 12.4. The lowest BCUT2D eigenvalue weighted by Gasteiger charge is -2.47. The molecular weight excluding hydrogens is 713 g/mol. The highest BCUT2D eigenvalue weighted by atomic mass is 28.5. The lowest BCUT2D eigenvalue weighted by molar-refractivity contribution is 0.238.